The molecule has 4 rings (SSSR count). The third-order valence-corrected chi connectivity index (χ3v) is 13.7. The molecule has 4 atom stereocenters. The van der Waals surface area contributed by atoms with E-state index in [1.165, 1.54) is 7.05 Å². The molecular weight excluding hydrogens is 756 g/mol. The first-order valence-corrected chi connectivity index (χ1v) is 21.8. The van der Waals surface area contributed by atoms with Crippen molar-refractivity contribution in [2.24, 2.45) is 0 Å². The summed E-state index contributed by atoms with van der Waals surface area (Å²) in [6, 6.07) is 7.28. The van der Waals surface area contributed by atoms with Gasteiger partial charge in [0.15, 0.2) is 10.7 Å². The van der Waals surface area contributed by atoms with Gasteiger partial charge in [0, 0.05) is 36.3 Å². The van der Waals surface area contributed by atoms with Crippen molar-refractivity contribution in [2.75, 3.05) is 17.7 Å². The number of anilines is 2. The Labute approximate surface area is 324 Å². The van der Waals surface area contributed by atoms with Crippen molar-refractivity contribution in [2.45, 2.75) is 127 Å². The molecule has 14 nitrogen and oxygen atoms in total. The van der Waals surface area contributed by atoms with Crippen molar-refractivity contribution in [3.63, 3.8) is 0 Å². The van der Waals surface area contributed by atoms with Crippen LogP contribution in [0.15, 0.2) is 30.3 Å². The van der Waals surface area contributed by atoms with Gasteiger partial charge in [-0.05, 0) is 96.6 Å². The van der Waals surface area contributed by atoms with Gasteiger partial charge < -0.3 is 20.9 Å². The molecule has 17 heteroatoms. The van der Waals surface area contributed by atoms with E-state index >= 15 is 0 Å². The Morgan fingerprint density at radius 1 is 0.778 bits per heavy atom. The van der Waals surface area contributed by atoms with Crippen LogP contribution in [0.25, 0.3) is 0 Å². The molecule has 6 amide bonds. The first-order valence-electron chi connectivity index (χ1n) is 18.4. The number of piperidine rings is 2. The van der Waals surface area contributed by atoms with Crippen LogP contribution in [-0.4, -0.2) is 63.4 Å². The van der Waals surface area contributed by atoms with Gasteiger partial charge in [0.25, 0.3) is 20.0 Å². The van der Waals surface area contributed by atoms with Crippen LogP contribution in [0.1, 0.15) is 139 Å². The normalized spacial score (nSPS) is 19.3. The average Bonchev–Trinajstić information content (AvgIpc) is 3.08. The van der Waals surface area contributed by atoms with Crippen LogP contribution in [0, 0.1) is 0 Å². The molecular formula is C37H53ClN6O8S2. The molecule has 4 unspecified atom stereocenters. The van der Waals surface area contributed by atoms with Crippen LogP contribution in [0.4, 0.5) is 21.0 Å². The van der Waals surface area contributed by atoms with Crippen molar-refractivity contribution < 1.29 is 36.0 Å². The van der Waals surface area contributed by atoms with Crippen LogP contribution >= 0.6 is 11.6 Å². The van der Waals surface area contributed by atoms with E-state index in [0.29, 0.717) is 47.6 Å². The van der Waals surface area contributed by atoms with Crippen molar-refractivity contribution >= 4 is 66.9 Å². The maximum Gasteiger partial charge on any atom is 0.332 e. The number of nitrogens with one attached hydrogen (secondary N) is 5. The van der Waals surface area contributed by atoms with Gasteiger partial charge in [0.1, 0.15) is 0 Å². The fraction of sp³-hybridized carbons (Fsp3) is 0.568. The minimum atomic E-state index is -4.21. The van der Waals surface area contributed by atoms with Crippen molar-refractivity contribution in [3.05, 3.63) is 57.6 Å². The number of urea groups is 2. The highest BCUT2D eigenvalue weighted by molar-refractivity contribution is 7.90. The highest BCUT2D eigenvalue weighted by atomic mass is 35.5. The molecule has 2 fully saturated rings. The number of rotatable bonds is 13. The van der Waals surface area contributed by atoms with Gasteiger partial charge in [-0.3, -0.25) is 9.59 Å². The monoisotopic (exact) mass is 808 g/mol. The molecule has 0 aliphatic carbocycles. The maximum absolute atomic E-state index is 13.3. The number of carbonyl (C=O) groups is 4. The van der Waals surface area contributed by atoms with Crippen LogP contribution in [0.3, 0.4) is 0 Å². The van der Waals surface area contributed by atoms with Crippen LogP contribution in [0.2, 0.25) is 5.02 Å². The summed E-state index contributed by atoms with van der Waals surface area (Å²) in [5.41, 5.74) is 4.01. The van der Waals surface area contributed by atoms with Gasteiger partial charge in [-0.25, -0.2) is 35.9 Å². The zero-order chi connectivity index (χ0) is 40.1. The molecule has 2 aliphatic rings. The van der Waals surface area contributed by atoms with Gasteiger partial charge >= 0.3 is 12.1 Å². The lowest BCUT2D eigenvalue weighted by Crippen LogP contribution is -2.51. The molecule has 0 saturated carbocycles. The zero-order valence-corrected chi connectivity index (χ0v) is 34.3. The van der Waals surface area contributed by atoms with Crippen LogP contribution in [-0.2, 0) is 29.6 Å². The van der Waals surface area contributed by atoms with E-state index in [4.69, 9.17) is 11.6 Å². The molecule has 2 aliphatic heterocycles. The molecule has 0 radical (unpaired) electrons. The SMILES string of the molecule is CC(C)c1cc(Cl)cc(C(C)CCC(C)c2cccc(C(C)C)c2NC(=O)NS(=O)(=O)C2CCCC(=O)N2C)c1NC(=O)NS(=O)(=O)C1CCCC(=O)N1. The third-order valence-electron chi connectivity index (χ3n) is 10.2. The number of sulfonamides is 2. The highest BCUT2D eigenvalue weighted by Gasteiger charge is 2.37. The van der Waals surface area contributed by atoms with Crippen molar-refractivity contribution in [1.82, 2.24) is 19.7 Å². The summed E-state index contributed by atoms with van der Waals surface area (Å²) in [6.45, 7) is 11.8. The average molecular weight is 809 g/mol. The lowest BCUT2D eigenvalue weighted by atomic mass is 9.85. The maximum atomic E-state index is 13.3. The Morgan fingerprint density at radius 2 is 1.30 bits per heavy atom. The standard InChI is InChI=1S/C37H53ClN6O8S2/c1-21(2)26-11-8-12-27(34(26)40-37(48)43-54(51,52)33-16-10-15-32(46)44(33)7)23(5)17-18-24(6)29-20-25(38)19-28(22(3)4)35(29)41-36(47)42-53(49,50)31-14-9-13-30(45)39-31/h8,11-12,19-24,31,33H,9-10,13-18H2,1-7H3,(H,39,45)(H2,40,43,48)(H2,41,42,47). The number of para-hydroxylation sites is 1. The summed E-state index contributed by atoms with van der Waals surface area (Å²) < 4.78 is 56.5. The van der Waals surface area contributed by atoms with E-state index < -0.39 is 48.8 Å². The number of likely N-dealkylation sites (tertiary alicyclic amines) is 1. The Balaban J connectivity index is 1.54. The molecule has 0 spiro atoms. The molecule has 5 N–H and O–H groups in total. The number of hydrogen-bond donors (Lipinski definition) is 5. The third kappa shape index (κ3) is 10.4. The van der Waals surface area contributed by atoms with Gasteiger partial charge in [0.05, 0.1) is 0 Å². The number of hydrogen-bond acceptors (Lipinski definition) is 8. The second kappa shape index (κ2) is 17.7. The largest absolute Gasteiger partial charge is 0.338 e. The second-order valence-electron chi connectivity index (χ2n) is 15.0. The topological polar surface area (TPSA) is 200 Å². The molecule has 2 aromatic rings. The Bertz CT molecular complexity index is 1970. The number of nitrogens with zero attached hydrogens (tertiary/aromatic N) is 1. The van der Waals surface area contributed by atoms with Crippen molar-refractivity contribution in [3.8, 4) is 0 Å². The van der Waals surface area contributed by atoms with Gasteiger partial charge in [-0.2, -0.15) is 0 Å². The van der Waals surface area contributed by atoms with Gasteiger partial charge in [-0.15, -0.1) is 0 Å². The lowest BCUT2D eigenvalue weighted by Gasteiger charge is -2.31. The molecule has 2 saturated heterocycles. The first-order chi connectivity index (χ1) is 25.2. The Hall–Kier alpha value is -3.89. The Kier molecular flexibility index (Phi) is 14.1. The minimum Gasteiger partial charge on any atom is -0.338 e. The van der Waals surface area contributed by atoms with Crippen LogP contribution in [0.5, 0.6) is 0 Å². The molecule has 2 aromatic carbocycles. The van der Waals surface area contributed by atoms with Gasteiger partial charge in [-0.1, -0.05) is 71.3 Å². The lowest BCUT2D eigenvalue weighted by molar-refractivity contribution is -0.132. The quantitative estimate of drug-likeness (QED) is 0.146. The predicted octanol–water partition coefficient (Wildman–Crippen LogP) is 6.77. The second-order valence-corrected chi connectivity index (χ2v) is 19.1. The number of amides is 6. The summed E-state index contributed by atoms with van der Waals surface area (Å²) in [4.78, 5) is 51.7. The first kappa shape index (κ1) is 42.8. The number of halogens is 1. The molecule has 298 valence electrons. The number of benzene rings is 2. The zero-order valence-electron chi connectivity index (χ0n) is 31.9. The van der Waals surface area contributed by atoms with Gasteiger partial charge in [0.2, 0.25) is 11.8 Å². The van der Waals surface area contributed by atoms with E-state index in [1.807, 2.05) is 59.7 Å². The summed E-state index contributed by atoms with van der Waals surface area (Å²) >= 11 is 6.58. The minimum absolute atomic E-state index is 0.0102. The fourth-order valence-corrected chi connectivity index (χ4v) is 9.98. The number of carbonyl (C=O) groups excluding carboxylic acids is 4. The van der Waals surface area contributed by atoms with E-state index in [1.54, 1.807) is 12.1 Å². The van der Waals surface area contributed by atoms with E-state index in [-0.39, 0.29) is 55.3 Å². The predicted molar refractivity (Wildman–Crippen MR) is 210 cm³/mol. The van der Waals surface area contributed by atoms with E-state index in [9.17, 15) is 36.0 Å². The molecule has 54 heavy (non-hydrogen) atoms. The smallest absolute Gasteiger partial charge is 0.332 e. The summed E-state index contributed by atoms with van der Waals surface area (Å²) in [5, 5.41) is 6.09. The summed E-state index contributed by atoms with van der Waals surface area (Å²) in [5.74, 6) is -1.08. The molecule has 0 aromatic heterocycles. The van der Waals surface area contributed by atoms with E-state index in [0.717, 1.165) is 21.6 Å². The molecule has 2 heterocycles. The molecule has 0 bridgehead atoms. The summed E-state index contributed by atoms with van der Waals surface area (Å²) in [6.07, 6.45) is 2.90. The fourth-order valence-electron chi connectivity index (χ4n) is 7.08. The Morgan fingerprint density at radius 3 is 1.89 bits per heavy atom. The highest BCUT2D eigenvalue weighted by Crippen LogP contribution is 2.40. The van der Waals surface area contributed by atoms with E-state index in [2.05, 4.69) is 25.4 Å². The summed E-state index contributed by atoms with van der Waals surface area (Å²) in [7, 11) is -6.99. The van der Waals surface area contributed by atoms with Crippen LogP contribution < -0.4 is 25.4 Å². The van der Waals surface area contributed by atoms with Crippen molar-refractivity contribution in [1.29, 1.82) is 0 Å².